The van der Waals surface area contributed by atoms with E-state index in [1.165, 1.54) is 10.4 Å². The number of aliphatic carboxylic acids is 1. The van der Waals surface area contributed by atoms with Gasteiger partial charge in [-0.15, -0.1) is 17.9 Å². The van der Waals surface area contributed by atoms with Crippen LogP contribution in [0.5, 0.6) is 5.75 Å². The summed E-state index contributed by atoms with van der Waals surface area (Å²) in [5.41, 5.74) is 4.43. The number of benzene rings is 2. The summed E-state index contributed by atoms with van der Waals surface area (Å²) >= 11 is 7.64. The summed E-state index contributed by atoms with van der Waals surface area (Å²) in [5, 5.41) is 9.03. The fourth-order valence-corrected chi connectivity index (χ4v) is 5.18. The third-order valence-electron chi connectivity index (χ3n) is 5.57. The maximum Gasteiger partial charge on any atom is 0.304 e. The van der Waals surface area contributed by atoms with E-state index in [0.29, 0.717) is 11.1 Å². The Hall–Kier alpha value is -2.67. The van der Waals surface area contributed by atoms with Gasteiger partial charge in [-0.1, -0.05) is 54.1 Å². The van der Waals surface area contributed by atoms with Gasteiger partial charge in [-0.25, -0.2) is 4.98 Å². The minimum atomic E-state index is -0.837. The van der Waals surface area contributed by atoms with E-state index < -0.39 is 5.97 Å². The van der Waals surface area contributed by atoms with Gasteiger partial charge in [0.15, 0.2) is 4.47 Å². The second kappa shape index (κ2) is 10.3. The monoisotopic (exact) mass is 468 g/mol. The van der Waals surface area contributed by atoms with Crippen LogP contribution in [0.2, 0.25) is 4.47 Å². The molecule has 7 heteroatoms. The van der Waals surface area contributed by atoms with Crippen molar-refractivity contribution in [1.29, 1.82) is 0 Å². The summed E-state index contributed by atoms with van der Waals surface area (Å²) in [6.07, 6.45) is 2.64. The summed E-state index contributed by atoms with van der Waals surface area (Å²) < 4.78 is 6.59. The normalized spacial score (nSPS) is 14.5. The molecule has 3 aromatic rings. The fourth-order valence-electron chi connectivity index (χ4n) is 3.93. The van der Waals surface area contributed by atoms with Crippen molar-refractivity contribution in [1.82, 2.24) is 9.88 Å². The number of nitrogens with zero attached hydrogens (tertiary/aromatic N) is 2. The first-order valence-electron chi connectivity index (χ1n) is 10.5. The van der Waals surface area contributed by atoms with Crippen molar-refractivity contribution in [2.75, 3.05) is 6.54 Å². The number of aromatic nitrogens is 1. The minimum Gasteiger partial charge on any atom is -0.489 e. The first-order chi connectivity index (χ1) is 15.5. The fraction of sp³-hybridized carbons (Fsp3) is 0.280. The molecule has 0 fully saturated rings. The van der Waals surface area contributed by atoms with Crippen LogP contribution < -0.4 is 4.74 Å². The SMILES string of the molecule is C=C[C@@H](CC(=O)O)c1ccc(OCc2cccc(CN3CCc4nc(Cl)sc4C3)c2)cc1. The molecule has 5 nitrogen and oxygen atoms in total. The summed E-state index contributed by atoms with van der Waals surface area (Å²) in [6, 6.07) is 16.0. The number of carbonyl (C=O) groups is 1. The van der Waals surface area contributed by atoms with Crippen LogP contribution in [-0.2, 0) is 30.9 Å². The lowest BCUT2D eigenvalue weighted by atomic mass is 9.96. The van der Waals surface area contributed by atoms with Crippen LogP contribution in [0.1, 0.15) is 39.6 Å². The van der Waals surface area contributed by atoms with E-state index in [-0.39, 0.29) is 12.3 Å². The molecular weight excluding hydrogens is 444 g/mol. The summed E-state index contributed by atoms with van der Waals surface area (Å²) in [5.74, 6) is -0.288. The second-order valence-corrected chi connectivity index (χ2v) is 9.58. The number of carboxylic acids is 1. The number of rotatable bonds is 9. The van der Waals surface area contributed by atoms with Gasteiger partial charge in [0.05, 0.1) is 12.1 Å². The molecule has 4 rings (SSSR count). The third-order valence-corrected chi connectivity index (χ3v) is 6.76. The highest BCUT2D eigenvalue weighted by molar-refractivity contribution is 7.15. The maximum absolute atomic E-state index is 11.0. The molecule has 0 radical (unpaired) electrons. The molecule has 0 aliphatic carbocycles. The summed E-state index contributed by atoms with van der Waals surface area (Å²) in [4.78, 5) is 19.1. The molecule has 1 aromatic heterocycles. The van der Waals surface area contributed by atoms with Gasteiger partial charge in [0.1, 0.15) is 12.4 Å². The summed E-state index contributed by atoms with van der Waals surface area (Å²) in [6.45, 7) is 6.97. The zero-order chi connectivity index (χ0) is 22.5. The number of ether oxygens (including phenoxy) is 1. The Morgan fingerprint density at radius 1 is 1.28 bits per heavy atom. The Bertz CT molecular complexity index is 1100. The van der Waals surface area contributed by atoms with Crippen LogP contribution >= 0.6 is 22.9 Å². The molecular formula is C25H25ClN2O3S. The lowest BCUT2D eigenvalue weighted by Gasteiger charge is -2.26. The number of carboxylic acid groups (broad SMARTS) is 1. The zero-order valence-corrected chi connectivity index (χ0v) is 19.2. The first kappa shape index (κ1) is 22.5. The van der Waals surface area contributed by atoms with Gasteiger partial charge in [-0.2, -0.15) is 0 Å². The smallest absolute Gasteiger partial charge is 0.304 e. The van der Waals surface area contributed by atoms with E-state index >= 15 is 0 Å². The van der Waals surface area contributed by atoms with Crippen molar-refractivity contribution < 1.29 is 14.6 Å². The first-order valence-corrected chi connectivity index (χ1v) is 11.7. The highest BCUT2D eigenvalue weighted by atomic mass is 35.5. The van der Waals surface area contributed by atoms with E-state index in [0.717, 1.165) is 48.6 Å². The van der Waals surface area contributed by atoms with Gasteiger partial charge in [-0.05, 0) is 28.8 Å². The number of thiazole rings is 1. The van der Waals surface area contributed by atoms with E-state index in [1.807, 2.05) is 24.3 Å². The zero-order valence-electron chi connectivity index (χ0n) is 17.7. The molecule has 0 spiro atoms. The predicted molar refractivity (Wildman–Crippen MR) is 127 cm³/mol. The quantitative estimate of drug-likeness (QED) is 0.409. The molecule has 0 bridgehead atoms. The van der Waals surface area contributed by atoms with Crippen LogP contribution in [0.25, 0.3) is 0 Å². The van der Waals surface area contributed by atoms with Crippen molar-refractivity contribution >= 4 is 28.9 Å². The second-order valence-electron chi connectivity index (χ2n) is 7.92. The van der Waals surface area contributed by atoms with Gasteiger partial charge in [-0.3, -0.25) is 9.69 Å². The Kier molecular flexibility index (Phi) is 7.25. The number of allylic oxidation sites excluding steroid dienone is 1. The molecule has 0 saturated heterocycles. The van der Waals surface area contributed by atoms with Gasteiger partial charge in [0.25, 0.3) is 0 Å². The van der Waals surface area contributed by atoms with Crippen LogP contribution in [0.15, 0.2) is 61.2 Å². The number of hydrogen-bond donors (Lipinski definition) is 1. The number of halogens is 1. The molecule has 0 amide bonds. The van der Waals surface area contributed by atoms with Gasteiger partial charge in [0, 0.05) is 36.9 Å². The van der Waals surface area contributed by atoms with E-state index in [2.05, 4.69) is 40.7 Å². The lowest BCUT2D eigenvalue weighted by Crippen LogP contribution is -2.29. The summed E-state index contributed by atoms with van der Waals surface area (Å²) in [7, 11) is 0. The molecule has 1 aliphatic heterocycles. The van der Waals surface area contributed by atoms with Gasteiger partial charge < -0.3 is 9.84 Å². The average molecular weight is 469 g/mol. The Morgan fingerprint density at radius 3 is 2.81 bits per heavy atom. The topological polar surface area (TPSA) is 62.7 Å². The molecule has 0 saturated carbocycles. The number of hydrogen-bond acceptors (Lipinski definition) is 5. The highest BCUT2D eigenvalue weighted by Gasteiger charge is 2.20. The molecule has 32 heavy (non-hydrogen) atoms. The molecule has 1 aliphatic rings. The molecule has 1 N–H and O–H groups in total. The molecule has 2 heterocycles. The lowest BCUT2D eigenvalue weighted by molar-refractivity contribution is -0.137. The predicted octanol–water partition coefficient (Wildman–Crippen LogP) is 5.68. The highest BCUT2D eigenvalue weighted by Crippen LogP contribution is 2.29. The van der Waals surface area contributed by atoms with Gasteiger partial charge >= 0.3 is 5.97 Å². The van der Waals surface area contributed by atoms with E-state index in [1.54, 1.807) is 17.4 Å². The van der Waals surface area contributed by atoms with E-state index in [9.17, 15) is 4.79 Å². The molecule has 0 unspecified atom stereocenters. The van der Waals surface area contributed by atoms with Crippen molar-refractivity contribution in [2.45, 2.75) is 38.5 Å². The number of fused-ring (bicyclic) bond motifs is 1. The Morgan fingerprint density at radius 2 is 2.06 bits per heavy atom. The van der Waals surface area contributed by atoms with Crippen molar-refractivity contribution in [2.24, 2.45) is 0 Å². The van der Waals surface area contributed by atoms with Crippen LogP contribution in [0, 0.1) is 0 Å². The van der Waals surface area contributed by atoms with Crippen LogP contribution in [0.4, 0.5) is 0 Å². The molecule has 2 aromatic carbocycles. The average Bonchev–Trinajstić information content (AvgIpc) is 3.16. The van der Waals surface area contributed by atoms with Crippen molar-refractivity contribution in [3.63, 3.8) is 0 Å². The maximum atomic E-state index is 11.0. The minimum absolute atomic E-state index is 0.0326. The van der Waals surface area contributed by atoms with Crippen LogP contribution in [0.3, 0.4) is 0 Å². The Labute approximate surface area is 196 Å². The Balaban J connectivity index is 1.33. The van der Waals surface area contributed by atoms with Crippen molar-refractivity contribution in [3.05, 3.63) is 92.9 Å². The van der Waals surface area contributed by atoms with Crippen LogP contribution in [-0.4, -0.2) is 27.5 Å². The molecule has 1 atom stereocenters. The largest absolute Gasteiger partial charge is 0.489 e. The third kappa shape index (κ3) is 5.76. The van der Waals surface area contributed by atoms with E-state index in [4.69, 9.17) is 21.4 Å². The molecule has 166 valence electrons. The van der Waals surface area contributed by atoms with Gasteiger partial charge in [0.2, 0.25) is 0 Å². The standard InChI is InChI=1S/C25H25ClN2O3S/c1-2-19(13-24(29)30)20-6-8-21(9-7-20)31-16-18-5-3-4-17(12-18)14-28-11-10-22-23(15-28)32-25(26)27-22/h2-9,12,19H,1,10-11,13-16H2,(H,29,30)/t19-/m0/s1. The van der Waals surface area contributed by atoms with Crippen molar-refractivity contribution in [3.8, 4) is 5.75 Å².